The first-order chi connectivity index (χ1) is 8.58. The molecule has 2 rings (SSSR count). The molecule has 0 fully saturated rings. The number of allylic oxidation sites excluding steroid dienone is 2. The molecule has 0 spiro atoms. The Hall–Kier alpha value is -1.83. The highest BCUT2D eigenvalue weighted by Crippen LogP contribution is 2.29. The fourth-order valence-corrected chi connectivity index (χ4v) is 2.37. The van der Waals surface area contributed by atoms with Crippen LogP contribution in [0, 0.1) is 0 Å². The van der Waals surface area contributed by atoms with E-state index < -0.39 is 0 Å². The summed E-state index contributed by atoms with van der Waals surface area (Å²) in [6, 6.07) is 8.22. The number of hydrogen-bond donors (Lipinski definition) is 1. The number of ketones is 1. The maximum Gasteiger partial charge on any atom is 0.130 e. The molecule has 0 unspecified atom stereocenters. The summed E-state index contributed by atoms with van der Waals surface area (Å²) < 4.78 is 0. The minimum Gasteiger partial charge on any atom is -0.361 e. The van der Waals surface area contributed by atoms with Gasteiger partial charge in [-0.2, -0.15) is 0 Å². The Labute approximate surface area is 108 Å². The van der Waals surface area contributed by atoms with E-state index in [1.54, 1.807) is 6.92 Å². The molecule has 0 radical (unpaired) electrons. The van der Waals surface area contributed by atoms with Crippen LogP contribution in [0.15, 0.2) is 42.1 Å². The molecule has 18 heavy (non-hydrogen) atoms. The number of carbonyl (C=O) groups excluding carboxylic acids is 1. The molecule has 94 valence electrons. The Balaban J connectivity index is 2.47. The molecule has 0 bridgehead atoms. The van der Waals surface area contributed by atoms with Gasteiger partial charge in [0.05, 0.1) is 0 Å². The van der Waals surface area contributed by atoms with Crippen LogP contribution in [0.25, 0.3) is 10.9 Å². The van der Waals surface area contributed by atoms with Crippen molar-refractivity contribution in [3.8, 4) is 0 Å². The lowest BCUT2D eigenvalue weighted by Gasteiger charge is -2.11. The van der Waals surface area contributed by atoms with E-state index in [4.69, 9.17) is 0 Å². The molecule has 2 nitrogen and oxygen atoms in total. The first kappa shape index (κ1) is 12.6. The Kier molecular flexibility index (Phi) is 3.66. The van der Waals surface area contributed by atoms with Crippen LogP contribution in [0.2, 0.25) is 0 Å². The number of H-pyrrole nitrogens is 1. The zero-order chi connectivity index (χ0) is 13.1. The Morgan fingerprint density at radius 1 is 1.28 bits per heavy atom. The van der Waals surface area contributed by atoms with Crippen LogP contribution in [0.5, 0.6) is 0 Å². The number of fused-ring (bicyclic) bond motifs is 1. The van der Waals surface area contributed by atoms with Crippen molar-refractivity contribution in [2.24, 2.45) is 0 Å². The van der Waals surface area contributed by atoms with Gasteiger partial charge in [-0.15, -0.1) is 0 Å². The maximum atomic E-state index is 11.4. The van der Waals surface area contributed by atoms with E-state index in [9.17, 15) is 4.79 Å². The third-order valence-electron chi connectivity index (χ3n) is 3.06. The zero-order valence-electron chi connectivity index (χ0n) is 11.2. The van der Waals surface area contributed by atoms with Gasteiger partial charge in [0.25, 0.3) is 0 Å². The molecule has 0 saturated heterocycles. The minimum atomic E-state index is 0.170. The van der Waals surface area contributed by atoms with E-state index in [-0.39, 0.29) is 11.7 Å². The van der Waals surface area contributed by atoms with Gasteiger partial charge in [0.2, 0.25) is 0 Å². The standard InChI is InChI=1S/C16H19NO/c1-11(2)8-13(9-12(3)18)15-10-17-16-7-5-4-6-14(15)16/h4-8,10,13,17H,9H2,1-3H3/t13-/m1/s1. The molecule has 0 aliphatic rings. The molecule has 0 aliphatic carbocycles. The Morgan fingerprint density at radius 3 is 2.67 bits per heavy atom. The molecule has 0 saturated carbocycles. The van der Waals surface area contributed by atoms with Crippen molar-refractivity contribution < 1.29 is 4.79 Å². The summed E-state index contributed by atoms with van der Waals surface area (Å²) in [5.41, 5.74) is 3.58. The molecular weight excluding hydrogens is 222 g/mol. The number of carbonyl (C=O) groups is 1. The average molecular weight is 241 g/mol. The van der Waals surface area contributed by atoms with Crippen LogP contribution in [-0.2, 0) is 4.79 Å². The SMILES string of the molecule is CC(=O)C[C@@H](C=C(C)C)c1c[nH]c2ccccc12. The van der Waals surface area contributed by atoms with Gasteiger partial charge < -0.3 is 4.98 Å². The van der Waals surface area contributed by atoms with Gasteiger partial charge >= 0.3 is 0 Å². The summed E-state index contributed by atoms with van der Waals surface area (Å²) in [6.07, 6.45) is 4.77. The van der Waals surface area contributed by atoms with Gasteiger partial charge in [-0.1, -0.05) is 29.8 Å². The highest BCUT2D eigenvalue weighted by Gasteiger charge is 2.15. The van der Waals surface area contributed by atoms with Crippen LogP contribution in [0.3, 0.4) is 0 Å². The van der Waals surface area contributed by atoms with E-state index in [1.165, 1.54) is 16.5 Å². The van der Waals surface area contributed by atoms with Gasteiger partial charge in [0, 0.05) is 29.4 Å². The molecular formula is C16H19NO. The summed E-state index contributed by atoms with van der Waals surface area (Å²) in [5.74, 6) is 0.395. The minimum absolute atomic E-state index is 0.170. The molecule has 0 amide bonds. The highest BCUT2D eigenvalue weighted by molar-refractivity contribution is 5.85. The molecule has 1 aromatic carbocycles. The summed E-state index contributed by atoms with van der Waals surface area (Å²) in [6.45, 7) is 5.80. The zero-order valence-corrected chi connectivity index (χ0v) is 11.2. The van der Waals surface area contributed by atoms with E-state index in [2.05, 4.69) is 37.0 Å². The van der Waals surface area contributed by atoms with Crippen LogP contribution < -0.4 is 0 Å². The second-order valence-corrected chi connectivity index (χ2v) is 5.05. The van der Waals surface area contributed by atoms with Crippen LogP contribution in [0.1, 0.15) is 38.7 Å². The summed E-state index contributed by atoms with van der Waals surface area (Å²) >= 11 is 0. The predicted octanol–water partition coefficient (Wildman–Crippen LogP) is 4.20. The molecule has 1 atom stereocenters. The third-order valence-corrected chi connectivity index (χ3v) is 3.06. The van der Waals surface area contributed by atoms with Crippen molar-refractivity contribution in [1.29, 1.82) is 0 Å². The van der Waals surface area contributed by atoms with Gasteiger partial charge in [0.1, 0.15) is 5.78 Å². The van der Waals surface area contributed by atoms with Crippen molar-refractivity contribution in [2.45, 2.75) is 33.1 Å². The van der Waals surface area contributed by atoms with Crippen molar-refractivity contribution >= 4 is 16.7 Å². The molecule has 1 aromatic heterocycles. The van der Waals surface area contributed by atoms with Gasteiger partial charge in [0.15, 0.2) is 0 Å². The van der Waals surface area contributed by atoms with E-state index >= 15 is 0 Å². The number of Topliss-reactive ketones (excluding diaryl/α,β-unsaturated/α-hetero) is 1. The van der Waals surface area contributed by atoms with Crippen LogP contribution in [0.4, 0.5) is 0 Å². The summed E-state index contributed by atoms with van der Waals surface area (Å²) in [5, 5.41) is 1.21. The highest BCUT2D eigenvalue weighted by atomic mass is 16.1. The normalized spacial score (nSPS) is 12.4. The second-order valence-electron chi connectivity index (χ2n) is 5.05. The number of rotatable bonds is 4. The smallest absolute Gasteiger partial charge is 0.130 e. The second kappa shape index (κ2) is 5.21. The predicted molar refractivity (Wildman–Crippen MR) is 75.8 cm³/mol. The molecule has 2 heteroatoms. The quantitative estimate of drug-likeness (QED) is 0.800. The molecule has 0 aliphatic heterocycles. The van der Waals surface area contributed by atoms with Gasteiger partial charge in [-0.25, -0.2) is 0 Å². The summed E-state index contributed by atoms with van der Waals surface area (Å²) in [4.78, 5) is 14.7. The van der Waals surface area contributed by atoms with Crippen molar-refractivity contribution in [3.63, 3.8) is 0 Å². The Bertz CT molecular complexity index is 588. The van der Waals surface area contributed by atoms with Gasteiger partial charge in [-0.3, -0.25) is 4.79 Å². The summed E-state index contributed by atoms with van der Waals surface area (Å²) in [7, 11) is 0. The van der Waals surface area contributed by atoms with E-state index in [1.807, 2.05) is 18.3 Å². The third kappa shape index (κ3) is 2.70. The number of aromatic amines is 1. The molecule has 1 N–H and O–H groups in total. The average Bonchev–Trinajstić information content (AvgIpc) is 2.70. The fourth-order valence-electron chi connectivity index (χ4n) is 2.37. The van der Waals surface area contributed by atoms with Crippen LogP contribution in [-0.4, -0.2) is 10.8 Å². The first-order valence-corrected chi connectivity index (χ1v) is 6.28. The molecule has 2 aromatic rings. The maximum absolute atomic E-state index is 11.4. The van der Waals surface area contributed by atoms with Crippen molar-refractivity contribution in [2.75, 3.05) is 0 Å². The van der Waals surface area contributed by atoms with Gasteiger partial charge in [-0.05, 0) is 32.4 Å². The number of nitrogens with one attached hydrogen (secondary N) is 1. The number of benzene rings is 1. The fraction of sp³-hybridized carbons (Fsp3) is 0.312. The lowest BCUT2D eigenvalue weighted by molar-refractivity contribution is -0.117. The molecule has 1 heterocycles. The first-order valence-electron chi connectivity index (χ1n) is 6.28. The van der Waals surface area contributed by atoms with Crippen molar-refractivity contribution in [3.05, 3.63) is 47.7 Å². The van der Waals surface area contributed by atoms with Crippen molar-refractivity contribution in [1.82, 2.24) is 4.98 Å². The lowest BCUT2D eigenvalue weighted by Crippen LogP contribution is -2.01. The van der Waals surface area contributed by atoms with Crippen LogP contribution >= 0.6 is 0 Å². The monoisotopic (exact) mass is 241 g/mol. The lowest BCUT2D eigenvalue weighted by atomic mass is 9.92. The topological polar surface area (TPSA) is 32.9 Å². The number of aromatic nitrogens is 1. The number of hydrogen-bond acceptors (Lipinski definition) is 1. The van der Waals surface area contributed by atoms with E-state index in [0.29, 0.717) is 6.42 Å². The number of para-hydroxylation sites is 1. The Morgan fingerprint density at radius 2 is 2.00 bits per heavy atom. The van der Waals surface area contributed by atoms with E-state index in [0.717, 1.165) is 5.52 Å². The largest absolute Gasteiger partial charge is 0.361 e.